The van der Waals surface area contributed by atoms with Crippen molar-refractivity contribution in [2.75, 3.05) is 26.7 Å². The smallest absolute Gasteiger partial charge is 0.0218 e. The lowest BCUT2D eigenvalue weighted by Crippen LogP contribution is -2.48. The molecule has 0 aromatic rings. The molecule has 1 aliphatic heterocycles. The first-order valence-electron chi connectivity index (χ1n) is 6.06. The van der Waals surface area contributed by atoms with Crippen LogP contribution in [0.1, 0.15) is 33.6 Å². The number of likely N-dealkylation sites (tertiary alicyclic amines) is 1. The van der Waals surface area contributed by atoms with E-state index < -0.39 is 0 Å². The average Bonchev–Trinajstić information content (AvgIpc) is 2.12. The second-order valence-electron chi connectivity index (χ2n) is 5.02. The molecule has 2 heteroatoms. The number of hydrogen-bond acceptors (Lipinski definition) is 2. The fraction of sp³-hybridized carbons (Fsp3) is 1.00. The van der Waals surface area contributed by atoms with Gasteiger partial charge in [0.2, 0.25) is 0 Å². The van der Waals surface area contributed by atoms with E-state index in [9.17, 15) is 0 Å². The zero-order valence-corrected chi connectivity index (χ0v) is 10.2. The molecule has 0 radical (unpaired) electrons. The maximum Gasteiger partial charge on any atom is 0.0218 e. The lowest BCUT2D eigenvalue weighted by Gasteiger charge is -2.40. The van der Waals surface area contributed by atoms with Gasteiger partial charge in [-0.2, -0.15) is 0 Å². The van der Waals surface area contributed by atoms with Crippen LogP contribution in [0.25, 0.3) is 0 Å². The van der Waals surface area contributed by atoms with Crippen LogP contribution in [-0.4, -0.2) is 37.6 Å². The third-order valence-corrected chi connectivity index (χ3v) is 3.32. The Labute approximate surface area is 89.1 Å². The number of nitrogens with one attached hydrogen (secondary N) is 1. The number of hydrogen-bond donors (Lipinski definition) is 1. The topological polar surface area (TPSA) is 15.3 Å². The van der Waals surface area contributed by atoms with Gasteiger partial charge in [0.05, 0.1) is 0 Å². The molecular formula is C12H26N2. The van der Waals surface area contributed by atoms with E-state index in [0.717, 1.165) is 24.4 Å². The zero-order chi connectivity index (χ0) is 10.6. The predicted molar refractivity (Wildman–Crippen MR) is 62.5 cm³/mol. The van der Waals surface area contributed by atoms with Gasteiger partial charge in [0.15, 0.2) is 0 Å². The lowest BCUT2D eigenvalue weighted by atomic mass is 9.90. The van der Waals surface area contributed by atoms with Crippen LogP contribution < -0.4 is 5.32 Å². The van der Waals surface area contributed by atoms with Crippen molar-refractivity contribution in [2.24, 2.45) is 11.8 Å². The van der Waals surface area contributed by atoms with E-state index in [0.29, 0.717) is 0 Å². The quantitative estimate of drug-likeness (QED) is 0.743. The van der Waals surface area contributed by atoms with Crippen LogP contribution in [0.5, 0.6) is 0 Å². The maximum absolute atomic E-state index is 3.30. The van der Waals surface area contributed by atoms with Gasteiger partial charge in [-0.15, -0.1) is 0 Å². The van der Waals surface area contributed by atoms with Crippen LogP contribution in [0, 0.1) is 11.8 Å². The third kappa shape index (κ3) is 3.25. The van der Waals surface area contributed by atoms with Crippen LogP contribution >= 0.6 is 0 Å². The van der Waals surface area contributed by atoms with Crippen LogP contribution in [0.2, 0.25) is 0 Å². The molecule has 1 rings (SSSR count). The van der Waals surface area contributed by atoms with E-state index in [1.165, 1.54) is 25.9 Å². The standard InChI is InChI=1S/C12H26N2/c1-5-12(7-13-4)14-8-10(2)6-11(3)9-14/h10-13H,5-9H2,1-4H3. The van der Waals surface area contributed by atoms with Crippen molar-refractivity contribution < 1.29 is 0 Å². The minimum atomic E-state index is 0.741. The number of nitrogens with zero attached hydrogens (tertiary/aromatic N) is 1. The van der Waals surface area contributed by atoms with Gasteiger partial charge in [0, 0.05) is 25.7 Å². The van der Waals surface area contributed by atoms with Gasteiger partial charge in [0.25, 0.3) is 0 Å². The van der Waals surface area contributed by atoms with Gasteiger partial charge in [-0.1, -0.05) is 20.8 Å². The Kier molecular flexibility index (Phi) is 4.90. The van der Waals surface area contributed by atoms with Crippen molar-refractivity contribution in [2.45, 2.75) is 39.7 Å². The molecule has 3 atom stereocenters. The van der Waals surface area contributed by atoms with E-state index in [1.807, 2.05) is 0 Å². The molecule has 2 nitrogen and oxygen atoms in total. The highest BCUT2D eigenvalue weighted by atomic mass is 15.2. The number of piperidine rings is 1. The molecule has 0 bridgehead atoms. The van der Waals surface area contributed by atoms with Crippen molar-refractivity contribution in [3.8, 4) is 0 Å². The lowest BCUT2D eigenvalue weighted by molar-refractivity contribution is 0.0932. The second-order valence-corrected chi connectivity index (χ2v) is 5.02. The monoisotopic (exact) mass is 198 g/mol. The minimum Gasteiger partial charge on any atom is -0.318 e. The summed E-state index contributed by atoms with van der Waals surface area (Å²) in [5.41, 5.74) is 0. The Morgan fingerprint density at radius 1 is 1.29 bits per heavy atom. The van der Waals surface area contributed by atoms with E-state index >= 15 is 0 Å². The Hall–Kier alpha value is -0.0800. The molecule has 84 valence electrons. The largest absolute Gasteiger partial charge is 0.318 e. The summed E-state index contributed by atoms with van der Waals surface area (Å²) in [4.78, 5) is 2.68. The molecule has 1 fully saturated rings. The highest BCUT2D eigenvalue weighted by Crippen LogP contribution is 2.23. The predicted octanol–water partition coefficient (Wildman–Crippen LogP) is 1.96. The highest BCUT2D eigenvalue weighted by molar-refractivity contribution is 4.80. The summed E-state index contributed by atoms with van der Waals surface area (Å²) in [6.45, 7) is 10.8. The minimum absolute atomic E-state index is 0.741. The molecule has 0 saturated carbocycles. The van der Waals surface area contributed by atoms with Gasteiger partial charge in [-0.25, -0.2) is 0 Å². The van der Waals surface area contributed by atoms with Gasteiger partial charge in [-0.05, 0) is 31.7 Å². The second kappa shape index (κ2) is 5.72. The number of rotatable bonds is 4. The summed E-state index contributed by atoms with van der Waals surface area (Å²) in [5.74, 6) is 1.76. The Bertz CT molecular complexity index is 148. The molecule has 0 aromatic carbocycles. The highest BCUT2D eigenvalue weighted by Gasteiger charge is 2.25. The molecule has 1 heterocycles. The molecule has 14 heavy (non-hydrogen) atoms. The maximum atomic E-state index is 3.30. The van der Waals surface area contributed by atoms with Crippen LogP contribution in [0.4, 0.5) is 0 Å². The summed E-state index contributed by atoms with van der Waals surface area (Å²) >= 11 is 0. The van der Waals surface area contributed by atoms with Crippen LogP contribution in [-0.2, 0) is 0 Å². The fourth-order valence-electron chi connectivity index (χ4n) is 2.78. The summed E-state index contributed by atoms with van der Waals surface area (Å²) in [5, 5.41) is 3.30. The molecule has 1 N–H and O–H groups in total. The first-order chi connectivity index (χ1) is 6.67. The van der Waals surface area contributed by atoms with E-state index in [4.69, 9.17) is 0 Å². The molecule has 0 amide bonds. The molecule has 1 aliphatic rings. The van der Waals surface area contributed by atoms with Crippen molar-refractivity contribution in [3.63, 3.8) is 0 Å². The van der Waals surface area contributed by atoms with Crippen molar-refractivity contribution >= 4 is 0 Å². The Morgan fingerprint density at radius 2 is 1.86 bits per heavy atom. The molecular weight excluding hydrogens is 172 g/mol. The molecule has 0 aliphatic carbocycles. The van der Waals surface area contributed by atoms with Crippen molar-refractivity contribution in [3.05, 3.63) is 0 Å². The van der Waals surface area contributed by atoms with Gasteiger partial charge >= 0.3 is 0 Å². The number of likely N-dealkylation sites (N-methyl/N-ethyl adjacent to an activating group) is 1. The fourth-order valence-corrected chi connectivity index (χ4v) is 2.78. The molecule has 3 unspecified atom stereocenters. The van der Waals surface area contributed by atoms with Crippen molar-refractivity contribution in [1.82, 2.24) is 10.2 Å². The summed E-state index contributed by atoms with van der Waals surface area (Å²) < 4.78 is 0. The summed E-state index contributed by atoms with van der Waals surface area (Å²) in [6, 6.07) is 0.741. The van der Waals surface area contributed by atoms with E-state index in [2.05, 4.69) is 38.0 Å². The average molecular weight is 198 g/mol. The SMILES string of the molecule is CCC(CNC)N1CC(C)CC(C)C1. The normalized spacial score (nSPS) is 31.7. The van der Waals surface area contributed by atoms with Crippen LogP contribution in [0.3, 0.4) is 0 Å². The summed E-state index contributed by atoms with van der Waals surface area (Å²) in [6.07, 6.45) is 2.67. The van der Waals surface area contributed by atoms with E-state index in [-0.39, 0.29) is 0 Å². The molecule has 0 aromatic heterocycles. The first-order valence-corrected chi connectivity index (χ1v) is 6.06. The van der Waals surface area contributed by atoms with Gasteiger partial charge < -0.3 is 5.32 Å². The zero-order valence-electron chi connectivity index (χ0n) is 10.2. The van der Waals surface area contributed by atoms with Crippen LogP contribution in [0.15, 0.2) is 0 Å². The van der Waals surface area contributed by atoms with Gasteiger partial charge in [0.1, 0.15) is 0 Å². The van der Waals surface area contributed by atoms with Crippen molar-refractivity contribution in [1.29, 1.82) is 0 Å². The Balaban J connectivity index is 2.47. The summed E-state index contributed by atoms with van der Waals surface area (Å²) in [7, 11) is 2.06. The third-order valence-electron chi connectivity index (χ3n) is 3.32. The Morgan fingerprint density at radius 3 is 2.29 bits per heavy atom. The van der Waals surface area contributed by atoms with E-state index in [1.54, 1.807) is 0 Å². The molecule has 0 spiro atoms. The first kappa shape index (κ1) is 12.0. The van der Waals surface area contributed by atoms with Gasteiger partial charge in [-0.3, -0.25) is 4.90 Å². The molecule has 1 saturated heterocycles.